The van der Waals surface area contributed by atoms with Crippen LogP contribution in [0.5, 0.6) is 11.5 Å². The lowest BCUT2D eigenvalue weighted by molar-refractivity contribution is 0.297. The summed E-state index contributed by atoms with van der Waals surface area (Å²) in [7, 11) is 0. The third-order valence-electron chi connectivity index (χ3n) is 2.98. The average Bonchev–Trinajstić information content (AvgIpc) is 2.65. The van der Waals surface area contributed by atoms with E-state index < -0.39 is 0 Å². The van der Waals surface area contributed by atoms with Crippen LogP contribution in [0.1, 0.15) is 12.0 Å². The van der Waals surface area contributed by atoms with Gasteiger partial charge in [-0.1, -0.05) is 17.7 Å². The summed E-state index contributed by atoms with van der Waals surface area (Å²) in [5, 5.41) is 4.60. The minimum absolute atomic E-state index is 0.466. The van der Waals surface area contributed by atoms with E-state index in [1.165, 1.54) is 0 Å². The summed E-state index contributed by atoms with van der Waals surface area (Å²) in [4.78, 5) is 0. The maximum atomic E-state index is 5.88. The number of nitrogens with zero attached hydrogens (tertiary/aromatic N) is 2. The third kappa shape index (κ3) is 2.46. The van der Waals surface area contributed by atoms with Crippen molar-refractivity contribution in [2.45, 2.75) is 13.0 Å². The van der Waals surface area contributed by atoms with E-state index >= 15 is 0 Å². The molecule has 0 saturated heterocycles. The lowest BCUT2D eigenvalue weighted by Gasteiger charge is -2.10. The number of rotatable bonds is 2. The average molecular weight is 280 g/mol. The van der Waals surface area contributed by atoms with Crippen LogP contribution in [0.4, 0.5) is 5.82 Å². The standard InChI is InChI=1S/C13H14ClN3O2/c14-10-7-16-17(13(10)15)8-9-2-3-11-12(6-9)19-5-1-4-18-11/h2-3,6-7H,1,4-5,8,15H2. The summed E-state index contributed by atoms with van der Waals surface area (Å²) in [5.41, 5.74) is 6.86. The predicted molar refractivity (Wildman–Crippen MR) is 72.8 cm³/mol. The van der Waals surface area contributed by atoms with Gasteiger partial charge in [0.05, 0.1) is 26.0 Å². The van der Waals surface area contributed by atoms with Crippen LogP contribution in [0.15, 0.2) is 24.4 Å². The normalized spacial score (nSPS) is 14.2. The fraction of sp³-hybridized carbons (Fsp3) is 0.308. The van der Waals surface area contributed by atoms with Crippen LogP contribution in [-0.4, -0.2) is 23.0 Å². The van der Waals surface area contributed by atoms with Gasteiger partial charge >= 0.3 is 0 Å². The topological polar surface area (TPSA) is 62.3 Å². The maximum absolute atomic E-state index is 5.88. The number of halogens is 1. The van der Waals surface area contributed by atoms with Crippen molar-refractivity contribution < 1.29 is 9.47 Å². The van der Waals surface area contributed by atoms with E-state index in [9.17, 15) is 0 Å². The molecule has 0 spiro atoms. The van der Waals surface area contributed by atoms with E-state index in [1.807, 2.05) is 18.2 Å². The van der Waals surface area contributed by atoms with Crippen LogP contribution < -0.4 is 15.2 Å². The molecule has 6 heteroatoms. The molecule has 0 fully saturated rings. The molecule has 0 aliphatic carbocycles. The smallest absolute Gasteiger partial charge is 0.161 e. The summed E-state index contributed by atoms with van der Waals surface area (Å²) in [6, 6.07) is 5.84. The first-order chi connectivity index (χ1) is 9.24. The van der Waals surface area contributed by atoms with Crippen molar-refractivity contribution in [2.24, 2.45) is 0 Å². The molecule has 1 aliphatic rings. The summed E-state index contributed by atoms with van der Waals surface area (Å²) in [5.74, 6) is 2.02. The van der Waals surface area contributed by atoms with Crippen molar-refractivity contribution in [1.82, 2.24) is 9.78 Å². The van der Waals surface area contributed by atoms with Gasteiger partial charge in [0.2, 0.25) is 0 Å². The van der Waals surface area contributed by atoms with Crippen molar-refractivity contribution >= 4 is 17.4 Å². The predicted octanol–water partition coefficient (Wildman–Crippen LogP) is 2.33. The van der Waals surface area contributed by atoms with E-state index in [-0.39, 0.29) is 0 Å². The second kappa shape index (κ2) is 5.01. The second-order valence-electron chi connectivity index (χ2n) is 4.37. The number of fused-ring (bicyclic) bond motifs is 1. The number of hydrogen-bond donors (Lipinski definition) is 1. The summed E-state index contributed by atoms with van der Waals surface area (Å²) in [6.07, 6.45) is 2.44. The van der Waals surface area contributed by atoms with E-state index in [4.69, 9.17) is 26.8 Å². The van der Waals surface area contributed by atoms with Gasteiger partial charge in [-0.15, -0.1) is 0 Å². The Kier molecular flexibility index (Phi) is 3.21. The van der Waals surface area contributed by atoms with Crippen LogP contribution in [-0.2, 0) is 6.54 Å². The first-order valence-electron chi connectivity index (χ1n) is 6.09. The highest BCUT2D eigenvalue weighted by atomic mass is 35.5. The zero-order valence-electron chi connectivity index (χ0n) is 10.3. The third-order valence-corrected chi connectivity index (χ3v) is 3.27. The fourth-order valence-corrected chi connectivity index (χ4v) is 2.12. The van der Waals surface area contributed by atoms with Crippen molar-refractivity contribution in [3.05, 3.63) is 35.0 Å². The lowest BCUT2D eigenvalue weighted by atomic mass is 10.2. The number of anilines is 1. The second-order valence-corrected chi connectivity index (χ2v) is 4.77. The minimum Gasteiger partial charge on any atom is -0.490 e. The molecule has 0 bridgehead atoms. The molecule has 5 nitrogen and oxygen atoms in total. The molecule has 1 aromatic heterocycles. The quantitative estimate of drug-likeness (QED) is 0.916. The molecule has 0 atom stereocenters. The van der Waals surface area contributed by atoms with E-state index in [0.717, 1.165) is 23.5 Å². The zero-order valence-corrected chi connectivity index (χ0v) is 11.1. The number of nitrogens with two attached hydrogens (primary N) is 1. The highest BCUT2D eigenvalue weighted by Crippen LogP contribution is 2.31. The first-order valence-corrected chi connectivity index (χ1v) is 6.47. The lowest BCUT2D eigenvalue weighted by Crippen LogP contribution is -2.06. The van der Waals surface area contributed by atoms with Gasteiger partial charge in [0.15, 0.2) is 11.5 Å². The van der Waals surface area contributed by atoms with Gasteiger partial charge in [-0.05, 0) is 17.7 Å². The van der Waals surface area contributed by atoms with Crippen LogP contribution in [0.3, 0.4) is 0 Å². The van der Waals surface area contributed by atoms with Gasteiger partial charge in [0, 0.05) is 6.42 Å². The molecule has 0 amide bonds. The molecule has 1 aliphatic heterocycles. The summed E-state index contributed by atoms with van der Waals surface area (Å²) >= 11 is 5.88. The maximum Gasteiger partial charge on any atom is 0.161 e. The van der Waals surface area contributed by atoms with Crippen LogP contribution in [0, 0.1) is 0 Å². The molecule has 19 heavy (non-hydrogen) atoms. The zero-order chi connectivity index (χ0) is 13.2. The van der Waals surface area contributed by atoms with E-state index in [0.29, 0.717) is 30.6 Å². The van der Waals surface area contributed by atoms with Gasteiger partial charge in [0.1, 0.15) is 10.8 Å². The minimum atomic E-state index is 0.466. The van der Waals surface area contributed by atoms with Gasteiger partial charge in [-0.2, -0.15) is 5.10 Å². The Morgan fingerprint density at radius 2 is 2.05 bits per heavy atom. The molecule has 3 rings (SSSR count). The molecular weight excluding hydrogens is 266 g/mol. The monoisotopic (exact) mass is 279 g/mol. The van der Waals surface area contributed by atoms with Gasteiger partial charge < -0.3 is 15.2 Å². The largest absolute Gasteiger partial charge is 0.490 e. The van der Waals surface area contributed by atoms with Crippen molar-refractivity contribution in [3.63, 3.8) is 0 Å². The Morgan fingerprint density at radius 3 is 2.79 bits per heavy atom. The molecule has 0 saturated carbocycles. The SMILES string of the molecule is Nc1c(Cl)cnn1Cc1ccc2c(c1)OCCCO2. The van der Waals surface area contributed by atoms with Gasteiger partial charge in [0.25, 0.3) is 0 Å². The Bertz CT molecular complexity index is 598. The van der Waals surface area contributed by atoms with E-state index in [2.05, 4.69) is 5.10 Å². The molecular formula is C13H14ClN3O2. The van der Waals surface area contributed by atoms with Gasteiger partial charge in [-0.25, -0.2) is 4.68 Å². The van der Waals surface area contributed by atoms with Crippen LogP contribution in [0.25, 0.3) is 0 Å². The van der Waals surface area contributed by atoms with Crippen molar-refractivity contribution in [2.75, 3.05) is 18.9 Å². The van der Waals surface area contributed by atoms with Crippen molar-refractivity contribution in [3.8, 4) is 11.5 Å². The highest BCUT2D eigenvalue weighted by molar-refractivity contribution is 6.32. The molecule has 100 valence electrons. The van der Waals surface area contributed by atoms with Crippen LogP contribution >= 0.6 is 11.6 Å². The molecule has 2 N–H and O–H groups in total. The Morgan fingerprint density at radius 1 is 1.26 bits per heavy atom. The number of hydrogen-bond acceptors (Lipinski definition) is 4. The Hall–Kier alpha value is -1.88. The number of ether oxygens (including phenoxy) is 2. The number of benzene rings is 1. The molecule has 2 heterocycles. The van der Waals surface area contributed by atoms with Crippen LogP contribution in [0.2, 0.25) is 5.02 Å². The molecule has 0 unspecified atom stereocenters. The fourth-order valence-electron chi connectivity index (χ4n) is 1.98. The number of nitrogen functional groups attached to an aromatic ring is 1. The number of aromatic nitrogens is 2. The Labute approximate surface area is 115 Å². The molecule has 2 aromatic rings. The van der Waals surface area contributed by atoms with Crippen molar-refractivity contribution in [1.29, 1.82) is 0 Å². The summed E-state index contributed by atoms with van der Waals surface area (Å²) in [6.45, 7) is 1.91. The molecule has 0 radical (unpaired) electrons. The first kappa shape index (κ1) is 12.2. The van der Waals surface area contributed by atoms with Gasteiger partial charge in [-0.3, -0.25) is 0 Å². The summed E-state index contributed by atoms with van der Waals surface area (Å²) < 4.78 is 12.9. The molecule has 1 aromatic carbocycles. The highest BCUT2D eigenvalue weighted by Gasteiger charge is 2.12. The van der Waals surface area contributed by atoms with E-state index in [1.54, 1.807) is 10.9 Å². The Balaban J connectivity index is 1.86.